The molecule has 0 saturated carbocycles. The Morgan fingerprint density at radius 3 is 1.24 bits per heavy atom. The van der Waals surface area contributed by atoms with Crippen LogP contribution in [0.1, 0.15) is 0 Å². The minimum absolute atomic E-state index is 0. The van der Waals surface area contributed by atoms with Gasteiger partial charge in [0.1, 0.15) is 0 Å². The molecular weight excluding hydrogens is 1050 g/mol. The number of nitrogens with zero attached hydrogens (tertiary/aromatic N) is 4. The standard InChI is InChI=1S/C24H16N2.2C16H8NO2S.Ir/c1-3-7-17(8-4-1)19-13-15-25-23-21(19)11-12-22-20(14-16-26-24(22)23)18-9-5-2-6-10-18;2*18-16-11(9-10-5-1-3-7-13(10)19-16)15-17-12-6-2-4-8-14(12)20-15;/h1-16H;2*1-8H;/q;2*-1;. The van der Waals surface area contributed by atoms with E-state index in [1.54, 1.807) is 12.1 Å². The van der Waals surface area contributed by atoms with Crippen molar-refractivity contribution in [1.82, 2.24) is 19.9 Å². The van der Waals surface area contributed by atoms with Gasteiger partial charge in [0, 0.05) is 52.7 Å². The first-order valence-electron chi connectivity index (χ1n) is 20.9. The van der Waals surface area contributed by atoms with E-state index in [1.807, 2.05) is 109 Å². The van der Waals surface area contributed by atoms with Crippen LogP contribution < -0.4 is 11.3 Å². The zero-order valence-electron chi connectivity index (χ0n) is 35.0. The van der Waals surface area contributed by atoms with E-state index in [9.17, 15) is 9.59 Å². The Labute approximate surface area is 403 Å². The minimum atomic E-state index is -0.400. The molecule has 8 nitrogen and oxygen atoms in total. The number of rotatable bonds is 4. The molecule has 6 aromatic heterocycles. The zero-order valence-corrected chi connectivity index (χ0v) is 39.1. The summed E-state index contributed by atoms with van der Waals surface area (Å²) in [6, 6.07) is 65.9. The van der Waals surface area contributed by atoms with Crippen molar-refractivity contribution in [3.63, 3.8) is 0 Å². The van der Waals surface area contributed by atoms with E-state index in [1.165, 1.54) is 44.9 Å². The van der Waals surface area contributed by atoms with Gasteiger partial charge in [-0.15, -0.1) is 24.3 Å². The van der Waals surface area contributed by atoms with Crippen molar-refractivity contribution >= 4 is 86.9 Å². The molecule has 67 heavy (non-hydrogen) atoms. The molecule has 0 aliphatic heterocycles. The van der Waals surface area contributed by atoms with E-state index in [0.29, 0.717) is 32.3 Å². The van der Waals surface area contributed by atoms with Crippen molar-refractivity contribution in [2.45, 2.75) is 0 Å². The van der Waals surface area contributed by atoms with Crippen LogP contribution in [0.15, 0.2) is 213 Å². The summed E-state index contributed by atoms with van der Waals surface area (Å²) in [5.74, 6) is 0. The maximum absolute atomic E-state index is 12.1. The molecule has 0 amide bonds. The van der Waals surface area contributed by atoms with E-state index < -0.39 is 11.3 Å². The van der Waals surface area contributed by atoms with Crippen LogP contribution in [0.4, 0.5) is 0 Å². The Morgan fingerprint density at radius 2 is 0.806 bits per heavy atom. The van der Waals surface area contributed by atoms with Crippen molar-refractivity contribution in [2.75, 3.05) is 0 Å². The molecule has 0 saturated heterocycles. The third-order valence-corrected chi connectivity index (χ3v) is 13.0. The van der Waals surface area contributed by atoms with Gasteiger partial charge in [-0.1, -0.05) is 144 Å². The van der Waals surface area contributed by atoms with Gasteiger partial charge < -0.3 is 8.83 Å². The van der Waals surface area contributed by atoms with Crippen molar-refractivity contribution in [2.24, 2.45) is 0 Å². The topological polar surface area (TPSA) is 112 Å². The van der Waals surface area contributed by atoms with Gasteiger partial charge in [0.25, 0.3) is 11.3 Å². The van der Waals surface area contributed by atoms with Crippen LogP contribution in [0.3, 0.4) is 0 Å². The largest absolute Gasteiger partial charge is 0.496 e. The second-order valence-electron chi connectivity index (χ2n) is 15.1. The van der Waals surface area contributed by atoms with Gasteiger partial charge in [-0.05, 0) is 69.8 Å². The Morgan fingerprint density at radius 1 is 0.418 bits per heavy atom. The van der Waals surface area contributed by atoms with Crippen LogP contribution in [0, 0.1) is 12.1 Å². The Bertz CT molecular complexity index is 3690. The third kappa shape index (κ3) is 8.72. The minimum Gasteiger partial charge on any atom is -0.496 e. The fourth-order valence-corrected chi connectivity index (χ4v) is 9.70. The second kappa shape index (κ2) is 19.0. The quantitative estimate of drug-likeness (QED) is 0.0973. The number of pyridine rings is 2. The van der Waals surface area contributed by atoms with Crippen molar-refractivity contribution in [3.8, 4) is 43.4 Å². The van der Waals surface area contributed by atoms with E-state index in [0.717, 1.165) is 53.0 Å². The number of aromatic nitrogens is 4. The smallest absolute Gasteiger partial charge is 0.269 e. The second-order valence-corrected chi connectivity index (χ2v) is 17.1. The number of fused-ring (bicyclic) bond motifs is 7. The molecule has 0 fully saturated rings. The molecule has 1 radical (unpaired) electrons. The SMILES string of the molecule is O=c1oc2ccccc2[c-]c1-c1nc2ccccc2s1.O=c1oc2ccccc2[c-]c1-c1nc2ccccc2s1.[Ir].c1ccc(-c2ccnc3c2ccc2c(-c4ccccc4)ccnc23)cc1. The van der Waals surface area contributed by atoms with Crippen molar-refractivity contribution in [1.29, 1.82) is 0 Å². The number of thiazole rings is 2. The normalized spacial score (nSPS) is 11.0. The number of hydrogen-bond donors (Lipinski definition) is 0. The predicted octanol–water partition coefficient (Wildman–Crippen LogP) is 13.9. The summed E-state index contributed by atoms with van der Waals surface area (Å²) in [4.78, 5) is 42.4. The molecule has 323 valence electrons. The molecule has 0 spiro atoms. The maximum atomic E-state index is 12.1. The monoisotopic (exact) mass is 1080 g/mol. The van der Waals surface area contributed by atoms with Crippen LogP contribution in [-0.2, 0) is 20.1 Å². The van der Waals surface area contributed by atoms with Crippen molar-refractivity contribution < 1.29 is 28.9 Å². The molecule has 0 bridgehead atoms. The summed E-state index contributed by atoms with van der Waals surface area (Å²) < 4.78 is 12.7. The molecule has 0 atom stereocenters. The van der Waals surface area contributed by atoms with E-state index >= 15 is 0 Å². The first-order chi connectivity index (χ1) is 32.5. The third-order valence-electron chi connectivity index (χ3n) is 10.9. The van der Waals surface area contributed by atoms with Crippen LogP contribution >= 0.6 is 22.7 Å². The van der Waals surface area contributed by atoms with Gasteiger partial charge >= 0.3 is 0 Å². The molecule has 0 unspecified atom stereocenters. The van der Waals surface area contributed by atoms with Gasteiger partial charge in [0.05, 0.1) is 43.2 Å². The number of para-hydroxylation sites is 4. The summed E-state index contributed by atoms with van der Waals surface area (Å²) in [6.45, 7) is 0. The Balaban J connectivity index is 0.000000118. The van der Waals surface area contributed by atoms with Gasteiger partial charge in [-0.2, -0.15) is 22.7 Å². The molecule has 13 rings (SSSR count). The number of hydrogen-bond acceptors (Lipinski definition) is 10. The first kappa shape index (κ1) is 43.1. The summed E-state index contributed by atoms with van der Waals surface area (Å²) in [5, 5.41) is 5.10. The molecule has 6 heterocycles. The van der Waals surface area contributed by atoms with Gasteiger partial charge in [-0.25, -0.2) is 0 Å². The fourth-order valence-electron chi connectivity index (χ4n) is 7.80. The summed E-state index contributed by atoms with van der Waals surface area (Å²) in [5.41, 5.74) is 9.49. The van der Waals surface area contributed by atoms with Gasteiger partial charge in [-0.3, -0.25) is 29.5 Å². The molecular formula is C56H32IrN4O4S2-2. The van der Waals surface area contributed by atoms with Crippen molar-refractivity contribution in [3.05, 3.63) is 227 Å². The predicted molar refractivity (Wildman–Crippen MR) is 268 cm³/mol. The number of benzene rings is 7. The molecule has 13 aromatic rings. The molecule has 7 aromatic carbocycles. The van der Waals surface area contributed by atoms with Crippen LogP contribution in [0.5, 0.6) is 0 Å². The summed E-state index contributed by atoms with van der Waals surface area (Å²) >= 11 is 2.94. The average molecular weight is 1080 g/mol. The average Bonchev–Trinajstić information content (AvgIpc) is 4.02. The molecule has 0 N–H and O–H groups in total. The Hall–Kier alpha value is -7.79. The van der Waals surface area contributed by atoms with E-state index in [2.05, 4.69) is 105 Å². The van der Waals surface area contributed by atoms with Gasteiger partial charge in [0.15, 0.2) is 0 Å². The Kier molecular flexibility index (Phi) is 12.2. The molecule has 11 heteroatoms. The maximum Gasteiger partial charge on any atom is 0.269 e. The van der Waals surface area contributed by atoms with E-state index in [-0.39, 0.29) is 20.1 Å². The van der Waals surface area contributed by atoms with Crippen LogP contribution in [-0.4, -0.2) is 19.9 Å². The molecule has 0 aliphatic rings. The van der Waals surface area contributed by atoms with Crippen LogP contribution in [0.2, 0.25) is 0 Å². The summed E-state index contributed by atoms with van der Waals surface area (Å²) in [7, 11) is 0. The molecule has 0 aliphatic carbocycles. The van der Waals surface area contributed by atoms with Gasteiger partial charge in [0.2, 0.25) is 0 Å². The van der Waals surface area contributed by atoms with Crippen LogP contribution in [0.25, 0.3) is 108 Å². The fraction of sp³-hybridized carbons (Fsp3) is 0. The first-order valence-corrected chi connectivity index (χ1v) is 22.6. The zero-order chi connectivity index (χ0) is 44.4. The van der Waals surface area contributed by atoms with E-state index in [4.69, 9.17) is 8.83 Å². The summed E-state index contributed by atoms with van der Waals surface area (Å²) in [6.07, 6.45) is 3.75.